The molecule has 1 radical (unpaired) electrons. The van der Waals surface area contributed by atoms with Gasteiger partial charge in [0.25, 0.3) is 0 Å². The van der Waals surface area contributed by atoms with E-state index in [-0.39, 0.29) is 44.9 Å². The fraction of sp³-hybridized carbons (Fsp3) is 0.263. The topological polar surface area (TPSA) is 90.7 Å². The number of aliphatic hydroxyl groups is 3. The van der Waals surface area contributed by atoms with E-state index < -0.39 is 0 Å². The summed E-state index contributed by atoms with van der Waals surface area (Å²) in [5.41, 5.74) is 4.16. The zero-order chi connectivity index (χ0) is 18.1. The van der Waals surface area contributed by atoms with Crippen LogP contribution in [0.25, 0.3) is 11.3 Å². The number of ketones is 1. The summed E-state index contributed by atoms with van der Waals surface area (Å²) in [6.45, 7) is 4.74. The van der Waals surface area contributed by atoms with Crippen molar-refractivity contribution < 1.29 is 40.2 Å². The summed E-state index contributed by atoms with van der Waals surface area (Å²) in [4.78, 5) is 14.3. The zero-order valence-corrected chi connectivity index (χ0v) is 16.8. The number of benzene rings is 1. The second-order valence-electron chi connectivity index (χ2n) is 5.34. The molecule has 2 aromatic rings. The number of aryl methyl sites for hydroxylation is 1. The van der Waals surface area contributed by atoms with Crippen molar-refractivity contribution in [2.75, 3.05) is 0 Å². The van der Waals surface area contributed by atoms with E-state index in [1.54, 1.807) is 18.3 Å². The molecule has 0 amide bonds. The molecule has 1 aromatic carbocycles. The number of rotatable bonds is 4. The van der Waals surface area contributed by atoms with Crippen LogP contribution >= 0.6 is 0 Å². The van der Waals surface area contributed by atoms with Gasteiger partial charge in [-0.25, -0.2) is 0 Å². The van der Waals surface area contributed by atoms with Gasteiger partial charge in [-0.15, -0.1) is 34.9 Å². The van der Waals surface area contributed by atoms with E-state index in [4.69, 9.17) is 10.2 Å². The number of hydrogen-bond donors (Lipinski definition) is 3. The molecule has 0 fully saturated rings. The number of allylic oxidation sites excluding steroid dienone is 2. The first-order chi connectivity index (χ1) is 11.4. The Morgan fingerprint density at radius 2 is 1.92 bits per heavy atom. The van der Waals surface area contributed by atoms with E-state index in [1.807, 2.05) is 19.1 Å². The van der Waals surface area contributed by atoms with E-state index in [0.717, 1.165) is 27.9 Å². The molecule has 25 heavy (non-hydrogen) atoms. The standard InChI is InChI=1S/C14H14NO2.C5H8O2.Ir/c1-10-2-3-13(12(6-10)9-17)14-7-11(8-16)4-5-15-14;1-4(6)3-5(2)7;/h2,4-7,16-17H,8-9H2,1H3;3,6H,1-2H3;/q-1;;/b;4-3-;. The molecule has 0 aliphatic heterocycles. The molecule has 0 aliphatic rings. The van der Waals surface area contributed by atoms with E-state index in [1.165, 1.54) is 19.9 Å². The predicted molar refractivity (Wildman–Crippen MR) is 92.2 cm³/mol. The van der Waals surface area contributed by atoms with Gasteiger partial charge in [0.1, 0.15) is 0 Å². The van der Waals surface area contributed by atoms with Crippen LogP contribution in [0.4, 0.5) is 0 Å². The second kappa shape index (κ2) is 11.7. The van der Waals surface area contributed by atoms with Gasteiger partial charge in [0, 0.05) is 39.0 Å². The van der Waals surface area contributed by atoms with Crippen molar-refractivity contribution in [1.29, 1.82) is 0 Å². The molecular weight excluding hydrogens is 498 g/mol. The molecule has 1 aromatic heterocycles. The molecule has 1 heterocycles. The molecule has 0 saturated heterocycles. The Bertz CT molecular complexity index is 725. The SMILES string of the molecule is CC(=O)/C=C(/C)O.Cc1c[c-]c(-c2cc(CO)ccn2)c(CO)c1.[Ir]. The van der Waals surface area contributed by atoms with Gasteiger partial charge in [0.05, 0.1) is 12.4 Å². The van der Waals surface area contributed by atoms with E-state index in [0.29, 0.717) is 0 Å². The van der Waals surface area contributed by atoms with Crippen LogP contribution in [0, 0.1) is 13.0 Å². The third-order valence-electron chi connectivity index (χ3n) is 3.01. The number of aromatic nitrogens is 1. The van der Waals surface area contributed by atoms with Crippen molar-refractivity contribution in [2.24, 2.45) is 0 Å². The van der Waals surface area contributed by atoms with Crippen LogP contribution in [0.3, 0.4) is 0 Å². The van der Waals surface area contributed by atoms with Gasteiger partial charge in [-0.3, -0.25) is 4.79 Å². The average Bonchev–Trinajstić information content (AvgIpc) is 2.54. The molecule has 5 nitrogen and oxygen atoms in total. The molecule has 0 aliphatic carbocycles. The minimum atomic E-state index is -0.125. The summed E-state index contributed by atoms with van der Waals surface area (Å²) in [6.07, 6.45) is 2.82. The first-order valence-electron chi connectivity index (χ1n) is 7.43. The third kappa shape index (κ3) is 8.18. The maximum Gasteiger partial charge on any atom is 0.155 e. The van der Waals surface area contributed by atoms with Crippen molar-refractivity contribution >= 4 is 5.78 Å². The van der Waals surface area contributed by atoms with E-state index in [2.05, 4.69) is 11.1 Å². The van der Waals surface area contributed by atoms with Crippen LogP contribution in [0.2, 0.25) is 0 Å². The molecule has 3 N–H and O–H groups in total. The molecule has 137 valence electrons. The smallest absolute Gasteiger partial charge is 0.155 e. The largest absolute Gasteiger partial charge is 0.512 e. The van der Waals surface area contributed by atoms with Gasteiger partial charge in [-0.2, -0.15) is 0 Å². The number of aliphatic hydroxyl groups excluding tert-OH is 3. The molecule has 2 rings (SSSR count). The molecule has 6 heteroatoms. The summed E-state index contributed by atoms with van der Waals surface area (Å²) < 4.78 is 0. The van der Waals surface area contributed by atoms with Crippen molar-refractivity contribution in [1.82, 2.24) is 4.98 Å². The van der Waals surface area contributed by atoms with Gasteiger partial charge < -0.3 is 20.3 Å². The number of hydrogen-bond acceptors (Lipinski definition) is 5. The zero-order valence-electron chi connectivity index (χ0n) is 14.4. The quantitative estimate of drug-likeness (QED) is 0.328. The Morgan fingerprint density at radius 3 is 2.40 bits per heavy atom. The summed E-state index contributed by atoms with van der Waals surface area (Å²) in [6, 6.07) is 10.5. The average molecular weight is 521 g/mol. The minimum Gasteiger partial charge on any atom is -0.512 e. The van der Waals surface area contributed by atoms with Gasteiger partial charge in [0.2, 0.25) is 0 Å². The van der Waals surface area contributed by atoms with E-state index in [9.17, 15) is 9.90 Å². The van der Waals surface area contributed by atoms with Crippen molar-refractivity contribution in [3.8, 4) is 11.3 Å². The number of pyridine rings is 1. The Labute approximate surface area is 161 Å². The van der Waals surface area contributed by atoms with Crippen LogP contribution in [-0.2, 0) is 38.1 Å². The fourth-order valence-electron chi connectivity index (χ4n) is 2.03. The van der Waals surface area contributed by atoms with Crippen LogP contribution in [0.15, 0.2) is 42.3 Å². The number of nitrogens with zero attached hydrogens (tertiary/aromatic N) is 1. The fourth-order valence-corrected chi connectivity index (χ4v) is 2.03. The number of carbonyl (C=O) groups is 1. The first-order valence-corrected chi connectivity index (χ1v) is 7.43. The van der Waals surface area contributed by atoms with Crippen LogP contribution < -0.4 is 0 Å². The molecule has 0 bridgehead atoms. The predicted octanol–water partition coefficient (Wildman–Crippen LogP) is 2.88. The normalized spacial score (nSPS) is 10.4. The summed E-state index contributed by atoms with van der Waals surface area (Å²) in [5.74, 6) is -0.0625. The molecule has 0 spiro atoms. The maximum absolute atomic E-state index is 10.0. The summed E-state index contributed by atoms with van der Waals surface area (Å²) in [5, 5.41) is 26.8. The summed E-state index contributed by atoms with van der Waals surface area (Å²) >= 11 is 0. The van der Waals surface area contributed by atoms with Crippen molar-refractivity contribution in [2.45, 2.75) is 34.0 Å². The monoisotopic (exact) mass is 521 g/mol. The van der Waals surface area contributed by atoms with Gasteiger partial charge in [-0.05, 0) is 31.2 Å². The minimum absolute atomic E-state index is 0. The second-order valence-corrected chi connectivity index (χ2v) is 5.34. The number of carbonyl (C=O) groups excluding carboxylic acids is 1. The van der Waals surface area contributed by atoms with Gasteiger partial charge in [0.15, 0.2) is 5.78 Å². The van der Waals surface area contributed by atoms with E-state index >= 15 is 0 Å². The van der Waals surface area contributed by atoms with Crippen molar-refractivity contribution in [3.63, 3.8) is 0 Å². The molecule has 0 unspecified atom stereocenters. The summed E-state index contributed by atoms with van der Waals surface area (Å²) in [7, 11) is 0. The van der Waals surface area contributed by atoms with Crippen LogP contribution in [-0.4, -0.2) is 26.1 Å². The Balaban J connectivity index is 0.000000620. The molecule has 0 saturated carbocycles. The van der Waals surface area contributed by atoms with Crippen LogP contribution in [0.1, 0.15) is 30.5 Å². The molecular formula is C19H22IrNO4-. The Morgan fingerprint density at radius 1 is 1.24 bits per heavy atom. The van der Waals surface area contributed by atoms with Gasteiger partial charge >= 0.3 is 0 Å². The Hall–Kier alpha value is -1.85. The van der Waals surface area contributed by atoms with Crippen LogP contribution in [0.5, 0.6) is 0 Å². The first kappa shape index (κ1) is 23.1. The maximum atomic E-state index is 10.0. The molecule has 0 atom stereocenters. The van der Waals surface area contributed by atoms with Gasteiger partial charge in [-0.1, -0.05) is 13.0 Å². The third-order valence-corrected chi connectivity index (χ3v) is 3.01. The van der Waals surface area contributed by atoms with Crippen molar-refractivity contribution in [3.05, 3.63) is 65.1 Å². The Kier molecular flexibility index (Phi) is 10.8.